The van der Waals surface area contributed by atoms with Crippen LogP contribution in [0, 0.1) is 6.92 Å². The van der Waals surface area contributed by atoms with Gasteiger partial charge in [-0.2, -0.15) is 5.10 Å². The molecule has 0 spiro atoms. The van der Waals surface area contributed by atoms with E-state index in [9.17, 15) is 0 Å². The van der Waals surface area contributed by atoms with Crippen molar-refractivity contribution in [1.29, 1.82) is 0 Å². The van der Waals surface area contributed by atoms with E-state index in [-0.39, 0.29) is 0 Å². The number of H-pyrrole nitrogens is 1. The number of hydrogen-bond acceptors (Lipinski definition) is 2. The molecule has 0 unspecified atom stereocenters. The van der Waals surface area contributed by atoms with E-state index in [0.717, 1.165) is 26.9 Å². The van der Waals surface area contributed by atoms with Gasteiger partial charge >= 0.3 is 0 Å². The van der Waals surface area contributed by atoms with E-state index >= 15 is 0 Å². The van der Waals surface area contributed by atoms with Crippen LogP contribution in [0.4, 0.5) is 5.69 Å². The van der Waals surface area contributed by atoms with Crippen molar-refractivity contribution >= 4 is 37.5 Å². The zero-order valence-electron chi connectivity index (χ0n) is 8.72. The second-order valence-electron chi connectivity index (χ2n) is 3.54. The minimum absolute atomic E-state index is 0.722. The zero-order chi connectivity index (χ0) is 11.5. The van der Waals surface area contributed by atoms with Crippen LogP contribution in [-0.4, -0.2) is 10.2 Å². The van der Waals surface area contributed by atoms with Crippen LogP contribution >= 0.6 is 31.9 Å². The van der Waals surface area contributed by atoms with Crippen molar-refractivity contribution < 1.29 is 0 Å². The predicted molar refractivity (Wildman–Crippen MR) is 72.5 cm³/mol. The lowest BCUT2D eigenvalue weighted by molar-refractivity contribution is 0.980. The van der Waals surface area contributed by atoms with Gasteiger partial charge in [0.2, 0.25) is 0 Å². The molecule has 0 radical (unpaired) electrons. The van der Waals surface area contributed by atoms with E-state index in [1.165, 1.54) is 5.56 Å². The largest absolute Gasteiger partial charge is 0.378 e. The molecule has 84 valence electrons. The predicted octanol–water partition coefficient (Wildman–Crippen LogP) is 3.86. The summed E-state index contributed by atoms with van der Waals surface area (Å²) in [7, 11) is 0. The first-order valence-electron chi connectivity index (χ1n) is 4.84. The summed E-state index contributed by atoms with van der Waals surface area (Å²) in [6.45, 7) is 2.79. The molecule has 1 aromatic carbocycles. The fourth-order valence-electron chi connectivity index (χ4n) is 1.44. The molecule has 0 amide bonds. The maximum atomic E-state index is 3.90. The highest BCUT2D eigenvalue weighted by atomic mass is 79.9. The third kappa shape index (κ3) is 2.65. The Balaban J connectivity index is 2.15. The van der Waals surface area contributed by atoms with Crippen molar-refractivity contribution in [2.45, 2.75) is 13.5 Å². The van der Waals surface area contributed by atoms with Crippen molar-refractivity contribution in [2.75, 3.05) is 5.32 Å². The summed E-state index contributed by atoms with van der Waals surface area (Å²) in [6, 6.07) is 6.11. The number of halogens is 2. The van der Waals surface area contributed by atoms with Crippen molar-refractivity contribution in [3.8, 4) is 0 Å². The van der Waals surface area contributed by atoms with Gasteiger partial charge in [-0.05, 0) is 62.5 Å². The summed E-state index contributed by atoms with van der Waals surface area (Å²) >= 11 is 7.09. The van der Waals surface area contributed by atoms with E-state index in [0.29, 0.717) is 0 Å². The lowest BCUT2D eigenvalue weighted by Crippen LogP contribution is -2.01. The van der Waals surface area contributed by atoms with Crippen LogP contribution in [0.2, 0.25) is 0 Å². The Bertz CT molecular complexity index is 457. The van der Waals surface area contributed by atoms with Crippen molar-refractivity contribution in [3.63, 3.8) is 0 Å². The number of aromatic amines is 1. The van der Waals surface area contributed by atoms with Gasteiger partial charge in [-0.25, -0.2) is 0 Å². The molecule has 0 atom stereocenters. The molecule has 0 bridgehead atoms. The van der Waals surface area contributed by atoms with Gasteiger partial charge in [-0.3, -0.25) is 5.10 Å². The highest BCUT2D eigenvalue weighted by molar-refractivity contribution is 9.11. The third-order valence-corrected chi connectivity index (χ3v) is 3.45. The topological polar surface area (TPSA) is 40.7 Å². The van der Waals surface area contributed by atoms with E-state index in [2.05, 4.69) is 66.4 Å². The highest BCUT2D eigenvalue weighted by Crippen LogP contribution is 2.32. The summed E-state index contributed by atoms with van der Waals surface area (Å²) in [6.07, 6.45) is 1.75. The molecule has 0 saturated heterocycles. The molecule has 0 saturated carbocycles. The molecule has 5 heteroatoms. The number of anilines is 1. The van der Waals surface area contributed by atoms with Crippen LogP contribution in [0.3, 0.4) is 0 Å². The maximum Gasteiger partial charge on any atom is 0.0632 e. The monoisotopic (exact) mass is 343 g/mol. The molecule has 0 aliphatic heterocycles. The number of aromatic nitrogens is 2. The van der Waals surface area contributed by atoms with Gasteiger partial charge in [0.25, 0.3) is 0 Å². The van der Waals surface area contributed by atoms with Gasteiger partial charge < -0.3 is 5.32 Å². The van der Waals surface area contributed by atoms with Crippen LogP contribution in [-0.2, 0) is 6.54 Å². The van der Waals surface area contributed by atoms with Crippen molar-refractivity contribution in [1.82, 2.24) is 10.2 Å². The van der Waals surface area contributed by atoms with E-state index in [1.54, 1.807) is 6.20 Å². The van der Waals surface area contributed by atoms with Crippen LogP contribution in [0.25, 0.3) is 0 Å². The lowest BCUT2D eigenvalue weighted by Gasteiger charge is -2.10. The number of aryl methyl sites for hydroxylation is 1. The molecule has 2 rings (SSSR count). The van der Waals surface area contributed by atoms with Crippen LogP contribution < -0.4 is 5.32 Å². The zero-order valence-corrected chi connectivity index (χ0v) is 11.9. The Labute approximate surface area is 111 Å². The van der Waals surface area contributed by atoms with Gasteiger partial charge in [0, 0.05) is 15.1 Å². The highest BCUT2D eigenvalue weighted by Gasteiger charge is 2.05. The molecular weight excluding hydrogens is 334 g/mol. The first kappa shape index (κ1) is 11.7. The number of nitrogens with zero attached hydrogens (tertiary/aromatic N) is 1. The first-order valence-corrected chi connectivity index (χ1v) is 6.43. The van der Waals surface area contributed by atoms with Gasteiger partial charge in [-0.1, -0.05) is 0 Å². The van der Waals surface area contributed by atoms with Crippen molar-refractivity contribution in [2.24, 2.45) is 0 Å². The molecule has 0 aliphatic rings. The summed E-state index contributed by atoms with van der Waals surface area (Å²) in [5, 5.41) is 10.2. The fraction of sp³-hybridized carbons (Fsp3) is 0.182. The molecule has 1 heterocycles. The van der Waals surface area contributed by atoms with E-state index in [4.69, 9.17) is 0 Å². The van der Waals surface area contributed by atoms with Gasteiger partial charge in [0.05, 0.1) is 17.9 Å². The molecular formula is C11H11Br2N3. The second-order valence-corrected chi connectivity index (χ2v) is 5.25. The number of nitrogens with one attached hydrogen (secondary N) is 2. The molecule has 0 aliphatic carbocycles. The van der Waals surface area contributed by atoms with Crippen LogP contribution in [0.15, 0.2) is 33.3 Å². The molecule has 0 fully saturated rings. The van der Waals surface area contributed by atoms with E-state index in [1.807, 2.05) is 6.07 Å². The Morgan fingerprint density at radius 3 is 2.56 bits per heavy atom. The number of benzene rings is 1. The molecule has 2 aromatic rings. The smallest absolute Gasteiger partial charge is 0.0632 e. The second kappa shape index (κ2) is 5.01. The van der Waals surface area contributed by atoms with Crippen molar-refractivity contribution in [3.05, 3.63) is 44.6 Å². The molecule has 3 nitrogen and oxygen atoms in total. The first-order chi connectivity index (χ1) is 7.66. The summed E-state index contributed by atoms with van der Waals surface area (Å²) in [5.41, 5.74) is 3.32. The number of rotatable bonds is 3. The quantitative estimate of drug-likeness (QED) is 0.887. The van der Waals surface area contributed by atoms with Gasteiger partial charge in [0.15, 0.2) is 0 Å². The minimum Gasteiger partial charge on any atom is -0.378 e. The Morgan fingerprint density at radius 1 is 1.31 bits per heavy atom. The SMILES string of the molecule is Cc1cc(Br)c(NCc2ccn[nH]2)c(Br)c1. The van der Waals surface area contributed by atoms with Gasteiger partial charge in [0.1, 0.15) is 0 Å². The lowest BCUT2D eigenvalue weighted by atomic mass is 10.2. The fourth-order valence-corrected chi connectivity index (χ4v) is 3.13. The molecule has 1 aromatic heterocycles. The van der Waals surface area contributed by atoms with Crippen LogP contribution in [0.1, 0.15) is 11.3 Å². The Morgan fingerprint density at radius 2 is 2.00 bits per heavy atom. The van der Waals surface area contributed by atoms with E-state index < -0.39 is 0 Å². The minimum atomic E-state index is 0.722. The Kier molecular flexibility index (Phi) is 3.66. The number of hydrogen-bond donors (Lipinski definition) is 2. The normalized spacial score (nSPS) is 10.4. The summed E-state index contributed by atoms with van der Waals surface area (Å²) < 4.78 is 2.11. The average Bonchev–Trinajstić information content (AvgIpc) is 2.68. The van der Waals surface area contributed by atoms with Gasteiger partial charge in [-0.15, -0.1) is 0 Å². The molecule has 2 N–H and O–H groups in total. The van der Waals surface area contributed by atoms with Crippen LogP contribution in [0.5, 0.6) is 0 Å². The maximum absolute atomic E-state index is 3.90. The molecule has 16 heavy (non-hydrogen) atoms. The average molecular weight is 345 g/mol. The summed E-state index contributed by atoms with van der Waals surface area (Å²) in [5.74, 6) is 0. The third-order valence-electron chi connectivity index (χ3n) is 2.20. The summed E-state index contributed by atoms with van der Waals surface area (Å²) in [4.78, 5) is 0. The Hall–Kier alpha value is -0.810. The standard InChI is InChI=1S/C11H11Br2N3/c1-7-4-9(12)11(10(13)5-7)14-6-8-2-3-15-16-8/h2-5,14H,6H2,1H3,(H,15,16).